The summed E-state index contributed by atoms with van der Waals surface area (Å²) in [6, 6.07) is 4.70. The molecule has 3 unspecified atom stereocenters. The minimum Gasteiger partial charge on any atom is -0.394 e. The van der Waals surface area contributed by atoms with Crippen LogP contribution in [0.1, 0.15) is 5.56 Å². The first-order valence-electron chi connectivity index (χ1n) is 8.17. The fourth-order valence-corrected chi connectivity index (χ4v) is 2.99. The molecule has 29 heavy (non-hydrogen) atoms. The number of hydrazone groups is 1. The van der Waals surface area contributed by atoms with Crippen LogP contribution in [0.4, 0.5) is 4.79 Å². The predicted molar refractivity (Wildman–Crippen MR) is 99.6 cm³/mol. The minimum atomic E-state index is -4.10. The summed E-state index contributed by atoms with van der Waals surface area (Å²) in [5.74, 6) is -0.519. The molecule has 1 aromatic rings. The second-order valence-electron chi connectivity index (χ2n) is 6.03. The number of aliphatic hydroxyl groups is 4. The first-order chi connectivity index (χ1) is 13.6. The molecule has 0 aliphatic carbocycles. The largest absolute Gasteiger partial charge is 0.394 e. The van der Waals surface area contributed by atoms with Crippen LogP contribution in [-0.4, -0.2) is 83.9 Å². The smallest absolute Gasteiger partial charge is 0.328 e. The van der Waals surface area contributed by atoms with Gasteiger partial charge in [0, 0.05) is 7.05 Å². The number of carbonyl (C=O) groups is 2. The maximum absolute atomic E-state index is 12.2. The van der Waals surface area contributed by atoms with Crippen molar-refractivity contribution < 1.29 is 38.4 Å². The molecule has 0 saturated carbocycles. The Morgan fingerprint density at radius 2 is 1.83 bits per heavy atom. The zero-order chi connectivity index (χ0) is 21.8. The highest BCUT2D eigenvalue weighted by Gasteiger charge is 2.30. The van der Waals surface area contributed by atoms with Gasteiger partial charge in [0.1, 0.15) is 24.0 Å². The van der Waals surface area contributed by atoms with Gasteiger partial charge in [0.15, 0.2) is 0 Å². The summed E-state index contributed by atoms with van der Waals surface area (Å²) in [6.07, 6.45) is -3.05. The number of likely N-dealkylation sites (N-methyl/N-ethyl adjacent to an activating group) is 1. The van der Waals surface area contributed by atoms with Crippen molar-refractivity contribution in [3.8, 4) is 0 Å². The molecule has 3 atom stereocenters. The minimum absolute atomic E-state index is 0.0495. The van der Waals surface area contributed by atoms with E-state index in [1.807, 2.05) is 4.83 Å². The molecule has 1 saturated heterocycles. The number of nitrogens with zero attached hydrogens (tertiary/aromatic N) is 2. The maximum Gasteiger partial charge on any atom is 0.328 e. The predicted octanol–water partition coefficient (Wildman–Crippen LogP) is -2.45. The van der Waals surface area contributed by atoms with Crippen molar-refractivity contribution in [1.29, 1.82) is 0 Å². The third-order valence-corrected chi connectivity index (χ3v) is 5.15. The van der Waals surface area contributed by atoms with Crippen LogP contribution in [0.3, 0.4) is 0 Å². The number of sulfonamides is 1. The van der Waals surface area contributed by atoms with E-state index < -0.39 is 46.9 Å². The van der Waals surface area contributed by atoms with Gasteiger partial charge >= 0.3 is 6.03 Å². The Kier molecular flexibility index (Phi) is 7.05. The number of benzene rings is 1. The van der Waals surface area contributed by atoms with Crippen LogP contribution >= 0.6 is 0 Å². The van der Waals surface area contributed by atoms with Gasteiger partial charge in [0.25, 0.3) is 15.9 Å². The lowest BCUT2D eigenvalue weighted by Crippen LogP contribution is -2.40. The molecule has 12 nitrogen and oxygen atoms in total. The van der Waals surface area contributed by atoms with Crippen molar-refractivity contribution in [1.82, 2.24) is 15.0 Å². The molecule has 13 heteroatoms. The Hall–Kier alpha value is -2.84. The monoisotopic (exact) mass is 428 g/mol. The van der Waals surface area contributed by atoms with Gasteiger partial charge in [0.05, 0.1) is 17.7 Å². The number of urea groups is 1. The molecule has 0 aromatic heterocycles. The highest BCUT2D eigenvalue weighted by molar-refractivity contribution is 7.89. The highest BCUT2D eigenvalue weighted by atomic mass is 32.2. The summed E-state index contributed by atoms with van der Waals surface area (Å²) in [5.41, 5.74) is 0.511. The van der Waals surface area contributed by atoms with Gasteiger partial charge in [-0.15, -0.1) is 0 Å². The molecule has 2 rings (SSSR count). The summed E-state index contributed by atoms with van der Waals surface area (Å²) in [5, 5.41) is 42.6. The van der Waals surface area contributed by atoms with Crippen LogP contribution in [-0.2, 0) is 14.8 Å². The fourth-order valence-electron chi connectivity index (χ4n) is 2.19. The van der Waals surface area contributed by atoms with E-state index in [-0.39, 0.29) is 10.6 Å². The number of carbonyl (C=O) groups excluding carboxylic acids is 2. The fraction of sp³-hybridized carbons (Fsp3) is 0.312. The molecule has 1 aromatic carbocycles. The van der Waals surface area contributed by atoms with Crippen LogP contribution in [0, 0.1) is 0 Å². The van der Waals surface area contributed by atoms with E-state index in [0.29, 0.717) is 11.8 Å². The lowest BCUT2D eigenvalue weighted by Gasteiger charge is -2.18. The van der Waals surface area contributed by atoms with Gasteiger partial charge < -0.3 is 25.7 Å². The molecule has 1 aliphatic rings. The first-order valence-corrected chi connectivity index (χ1v) is 9.66. The average molecular weight is 428 g/mol. The second kappa shape index (κ2) is 9.11. The first kappa shape index (κ1) is 22.4. The molecular formula is C16H20N4O8S. The number of amides is 3. The number of hydrogen-bond acceptors (Lipinski definition) is 9. The molecule has 0 bridgehead atoms. The van der Waals surface area contributed by atoms with Crippen LogP contribution in [0.15, 0.2) is 40.0 Å². The van der Waals surface area contributed by atoms with Crippen molar-refractivity contribution in [2.45, 2.75) is 23.2 Å². The van der Waals surface area contributed by atoms with Crippen LogP contribution < -0.4 is 10.1 Å². The topological polar surface area (TPSA) is 189 Å². The molecule has 1 fully saturated rings. The SMILES string of the molecule is CN1C(=O)N/C(=C\c2ccc(S(=O)(=O)NN=CC(O)C(O)C(O)CO)cc2)C1=O. The van der Waals surface area contributed by atoms with Crippen LogP contribution in [0.25, 0.3) is 6.08 Å². The van der Waals surface area contributed by atoms with Gasteiger partial charge in [-0.25, -0.2) is 9.63 Å². The van der Waals surface area contributed by atoms with Crippen molar-refractivity contribution >= 4 is 34.3 Å². The van der Waals surface area contributed by atoms with Crippen molar-refractivity contribution in [2.75, 3.05) is 13.7 Å². The average Bonchev–Trinajstić information content (AvgIpc) is 2.93. The van der Waals surface area contributed by atoms with Gasteiger partial charge in [-0.1, -0.05) is 12.1 Å². The highest BCUT2D eigenvalue weighted by Crippen LogP contribution is 2.15. The lowest BCUT2D eigenvalue weighted by atomic mass is 10.1. The van der Waals surface area contributed by atoms with E-state index in [1.54, 1.807) is 0 Å². The number of imide groups is 1. The molecule has 1 aliphatic heterocycles. The summed E-state index contributed by atoms with van der Waals surface area (Å²) < 4.78 is 24.4. The van der Waals surface area contributed by atoms with Gasteiger partial charge in [-0.2, -0.15) is 13.5 Å². The van der Waals surface area contributed by atoms with Crippen molar-refractivity contribution in [3.63, 3.8) is 0 Å². The Balaban J connectivity index is 2.06. The lowest BCUT2D eigenvalue weighted by molar-refractivity contribution is -0.121. The number of rotatable bonds is 8. The van der Waals surface area contributed by atoms with Crippen LogP contribution in [0.5, 0.6) is 0 Å². The van der Waals surface area contributed by atoms with E-state index in [9.17, 15) is 33.3 Å². The maximum atomic E-state index is 12.2. The Bertz CT molecular complexity index is 929. The van der Waals surface area contributed by atoms with E-state index in [4.69, 9.17) is 5.11 Å². The third kappa shape index (κ3) is 5.36. The summed E-state index contributed by atoms with van der Waals surface area (Å²) in [6.45, 7) is -0.800. The molecule has 0 spiro atoms. The summed E-state index contributed by atoms with van der Waals surface area (Å²) in [7, 11) is -2.78. The quantitative estimate of drug-likeness (QED) is 0.114. The third-order valence-electron chi connectivity index (χ3n) is 3.91. The number of aliphatic hydroxyl groups excluding tert-OH is 4. The zero-order valence-electron chi connectivity index (χ0n) is 15.1. The van der Waals surface area contributed by atoms with Gasteiger partial charge in [0.2, 0.25) is 0 Å². The molecule has 3 amide bonds. The zero-order valence-corrected chi connectivity index (χ0v) is 15.9. The van der Waals surface area contributed by atoms with Crippen molar-refractivity contribution in [2.24, 2.45) is 5.10 Å². The van der Waals surface area contributed by atoms with E-state index >= 15 is 0 Å². The molecule has 1 heterocycles. The summed E-state index contributed by atoms with van der Waals surface area (Å²) in [4.78, 5) is 25.8. The number of nitrogens with one attached hydrogen (secondary N) is 2. The van der Waals surface area contributed by atoms with E-state index in [2.05, 4.69) is 10.4 Å². The standard InChI is InChI=1S/C16H20N4O8S/c1-20-15(25)11(18-16(20)26)6-9-2-4-10(5-3-9)29(27,28)19-17-7-12(22)14(24)13(23)8-21/h2-7,12-14,19,21-24H,8H2,1H3,(H,18,26)/b11-6-,17-7?. The molecule has 0 radical (unpaired) electrons. The van der Waals surface area contributed by atoms with Gasteiger partial charge in [-0.05, 0) is 23.8 Å². The van der Waals surface area contributed by atoms with E-state index in [1.165, 1.54) is 37.4 Å². The van der Waals surface area contributed by atoms with E-state index in [0.717, 1.165) is 4.90 Å². The Morgan fingerprint density at radius 1 is 1.21 bits per heavy atom. The van der Waals surface area contributed by atoms with Crippen molar-refractivity contribution in [3.05, 3.63) is 35.5 Å². The summed E-state index contributed by atoms with van der Waals surface area (Å²) >= 11 is 0. The molecular weight excluding hydrogens is 408 g/mol. The molecule has 158 valence electrons. The Morgan fingerprint density at radius 3 is 2.34 bits per heavy atom. The molecule has 6 N–H and O–H groups in total. The normalized spacial score (nSPS) is 19.5. The van der Waals surface area contributed by atoms with Gasteiger partial charge in [-0.3, -0.25) is 9.69 Å². The number of hydrogen-bond donors (Lipinski definition) is 6. The van der Waals surface area contributed by atoms with Crippen LogP contribution in [0.2, 0.25) is 0 Å². The Labute approximate surface area is 165 Å². The second-order valence-corrected chi connectivity index (χ2v) is 7.69.